The van der Waals surface area contributed by atoms with Crippen LogP contribution in [0.2, 0.25) is 0 Å². The Morgan fingerprint density at radius 2 is 1.67 bits per heavy atom. The molecule has 5 N–H and O–H groups in total. The third-order valence-corrected chi connectivity index (χ3v) is 4.96. The lowest BCUT2D eigenvalue weighted by atomic mass is 9.46. The van der Waals surface area contributed by atoms with Crippen LogP contribution in [0.5, 0.6) is 0 Å². The molecule has 84 valence electrons. The Kier molecular flexibility index (Phi) is 1.63. The summed E-state index contributed by atoms with van der Waals surface area (Å²) in [6, 6.07) is 0. The zero-order valence-electron chi connectivity index (χ0n) is 8.78. The van der Waals surface area contributed by atoms with Gasteiger partial charge in [0.05, 0.1) is 0 Å². The van der Waals surface area contributed by atoms with Crippen LogP contribution < -0.4 is 11.5 Å². The van der Waals surface area contributed by atoms with Gasteiger partial charge in [-0.25, -0.2) is 0 Å². The molecule has 0 aliphatic heterocycles. The Balaban J connectivity index is 2.01. The first-order chi connectivity index (χ1) is 6.94. The summed E-state index contributed by atoms with van der Waals surface area (Å²) in [6.45, 7) is 0. The topological polar surface area (TPSA) is 89.3 Å². The molecule has 15 heavy (non-hydrogen) atoms. The molecule has 0 radical (unpaired) electrons. The van der Waals surface area contributed by atoms with Crippen LogP contribution in [0.25, 0.3) is 0 Å². The fourth-order valence-electron chi connectivity index (χ4n) is 4.45. The van der Waals surface area contributed by atoms with Gasteiger partial charge < -0.3 is 16.6 Å². The van der Waals surface area contributed by atoms with Gasteiger partial charge in [0.2, 0.25) is 0 Å². The van der Waals surface area contributed by atoms with Gasteiger partial charge >= 0.3 is 5.97 Å². The van der Waals surface area contributed by atoms with Crippen molar-refractivity contribution in [2.75, 3.05) is 0 Å². The Hall–Kier alpha value is -0.610. The molecule has 4 bridgehead atoms. The van der Waals surface area contributed by atoms with Crippen LogP contribution in [0.4, 0.5) is 0 Å². The highest BCUT2D eigenvalue weighted by molar-refractivity contribution is 5.80. The summed E-state index contributed by atoms with van der Waals surface area (Å²) in [6.07, 6.45) is 4.64. The number of hydrogen-bond donors (Lipinski definition) is 3. The first-order valence-corrected chi connectivity index (χ1v) is 5.75. The van der Waals surface area contributed by atoms with Crippen LogP contribution in [0, 0.1) is 17.8 Å². The third-order valence-electron chi connectivity index (χ3n) is 4.96. The van der Waals surface area contributed by atoms with Crippen LogP contribution in [-0.4, -0.2) is 22.2 Å². The summed E-state index contributed by atoms with van der Waals surface area (Å²) in [5, 5.41) is 9.32. The number of nitrogens with two attached hydrogens (primary N) is 2. The number of carboxylic acids is 1. The molecular weight excluding hydrogens is 192 g/mol. The van der Waals surface area contributed by atoms with E-state index in [1.54, 1.807) is 0 Å². The van der Waals surface area contributed by atoms with E-state index in [0.717, 1.165) is 32.1 Å². The molecule has 0 aromatic rings. The van der Waals surface area contributed by atoms with Crippen LogP contribution in [0.3, 0.4) is 0 Å². The van der Waals surface area contributed by atoms with Gasteiger partial charge in [0.15, 0.2) is 0 Å². The predicted molar refractivity (Wildman–Crippen MR) is 55.0 cm³/mol. The van der Waals surface area contributed by atoms with Gasteiger partial charge in [0.25, 0.3) is 0 Å². The zero-order valence-corrected chi connectivity index (χ0v) is 8.78. The lowest BCUT2D eigenvalue weighted by Crippen LogP contribution is -2.72. The molecule has 0 aromatic heterocycles. The number of rotatable bonds is 1. The van der Waals surface area contributed by atoms with Crippen molar-refractivity contribution in [2.24, 2.45) is 29.2 Å². The SMILES string of the molecule is NC12CC3CC(C1)C(N)(C(=O)O)C(C3)C2. The van der Waals surface area contributed by atoms with Crippen LogP contribution in [0.15, 0.2) is 0 Å². The molecule has 4 rings (SSSR count). The van der Waals surface area contributed by atoms with E-state index < -0.39 is 11.5 Å². The monoisotopic (exact) mass is 210 g/mol. The number of carbonyl (C=O) groups is 1. The molecule has 4 saturated carbocycles. The third kappa shape index (κ3) is 1.06. The summed E-state index contributed by atoms with van der Waals surface area (Å²) < 4.78 is 0. The van der Waals surface area contributed by atoms with Crippen LogP contribution in [-0.2, 0) is 4.79 Å². The first-order valence-electron chi connectivity index (χ1n) is 5.75. The normalized spacial score (nSPS) is 57.1. The molecule has 4 aliphatic carbocycles. The van der Waals surface area contributed by atoms with Crippen LogP contribution >= 0.6 is 0 Å². The molecular formula is C11H18N2O2. The van der Waals surface area contributed by atoms with Gasteiger partial charge in [-0.2, -0.15) is 0 Å². The van der Waals surface area contributed by atoms with Gasteiger partial charge in [0, 0.05) is 5.54 Å². The van der Waals surface area contributed by atoms with E-state index in [0.29, 0.717) is 5.92 Å². The molecule has 2 unspecified atom stereocenters. The average Bonchev–Trinajstić information content (AvgIpc) is 2.10. The largest absolute Gasteiger partial charge is 0.480 e. The van der Waals surface area contributed by atoms with Gasteiger partial charge in [-0.1, -0.05) is 0 Å². The summed E-state index contributed by atoms with van der Waals surface area (Å²) in [7, 11) is 0. The highest BCUT2D eigenvalue weighted by atomic mass is 16.4. The highest BCUT2D eigenvalue weighted by Gasteiger charge is 2.62. The maximum absolute atomic E-state index is 11.3. The predicted octanol–water partition coefficient (Wildman–Crippen LogP) is 0.306. The van der Waals surface area contributed by atoms with E-state index in [2.05, 4.69) is 0 Å². The van der Waals surface area contributed by atoms with E-state index in [4.69, 9.17) is 11.5 Å². The van der Waals surface area contributed by atoms with Crippen molar-refractivity contribution in [1.29, 1.82) is 0 Å². The Labute approximate surface area is 89.0 Å². The fourth-order valence-corrected chi connectivity index (χ4v) is 4.45. The summed E-state index contributed by atoms with van der Waals surface area (Å²) in [5.74, 6) is 0.0147. The first kappa shape index (κ1) is 9.60. The minimum absolute atomic E-state index is 0.102. The molecule has 4 heteroatoms. The fraction of sp³-hybridized carbons (Fsp3) is 0.909. The van der Waals surface area contributed by atoms with E-state index in [1.807, 2.05) is 0 Å². The molecule has 0 amide bonds. The number of aliphatic carboxylic acids is 1. The molecule has 2 atom stereocenters. The van der Waals surface area contributed by atoms with Crippen molar-refractivity contribution in [3.8, 4) is 0 Å². The molecule has 4 nitrogen and oxygen atoms in total. The average molecular weight is 210 g/mol. The van der Waals surface area contributed by atoms with E-state index >= 15 is 0 Å². The summed E-state index contributed by atoms with van der Waals surface area (Å²) in [5.41, 5.74) is 11.3. The highest BCUT2D eigenvalue weighted by Crippen LogP contribution is 2.58. The van der Waals surface area contributed by atoms with Crippen molar-refractivity contribution in [2.45, 2.75) is 43.2 Å². The van der Waals surface area contributed by atoms with Crippen molar-refractivity contribution < 1.29 is 9.90 Å². The van der Waals surface area contributed by atoms with Crippen LogP contribution in [0.1, 0.15) is 32.1 Å². The Morgan fingerprint density at radius 1 is 1.13 bits per heavy atom. The molecule has 0 saturated heterocycles. The van der Waals surface area contributed by atoms with E-state index in [1.165, 1.54) is 0 Å². The van der Waals surface area contributed by atoms with Gasteiger partial charge in [-0.05, 0) is 49.9 Å². The van der Waals surface area contributed by atoms with Crippen molar-refractivity contribution in [3.05, 3.63) is 0 Å². The lowest BCUT2D eigenvalue weighted by molar-refractivity contribution is -0.161. The van der Waals surface area contributed by atoms with E-state index in [-0.39, 0.29) is 17.4 Å². The Bertz CT molecular complexity index is 313. The molecule has 0 aromatic carbocycles. The van der Waals surface area contributed by atoms with Gasteiger partial charge in [-0.3, -0.25) is 4.79 Å². The minimum Gasteiger partial charge on any atom is -0.480 e. The maximum Gasteiger partial charge on any atom is 0.324 e. The lowest BCUT2D eigenvalue weighted by Gasteiger charge is -2.61. The molecule has 4 fully saturated rings. The number of hydrogen-bond acceptors (Lipinski definition) is 3. The van der Waals surface area contributed by atoms with E-state index in [9.17, 15) is 9.90 Å². The summed E-state index contributed by atoms with van der Waals surface area (Å²) >= 11 is 0. The second kappa shape index (κ2) is 2.55. The minimum atomic E-state index is -0.986. The Morgan fingerprint density at radius 3 is 2.07 bits per heavy atom. The molecule has 0 heterocycles. The van der Waals surface area contributed by atoms with Crippen molar-refractivity contribution >= 4 is 5.97 Å². The summed E-state index contributed by atoms with van der Waals surface area (Å²) in [4.78, 5) is 11.3. The van der Waals surface area contributed by atoms with Crippen molar-refractivity contribution in [1.82, 2.24) is 0 Å². The maximum atomic E-state index is 11.3. The van der Waals surface area contributed by atoms with Gasteiger partial charge in [0.1, 0.15) is 5.54 Å². The zero-order chi connectivity index (χ0) is 10.8. The van der Waals surface area contributed by atoms with Gasteiger partial charge in [-0.15, -0.1) is 0 Å². The van der Waals surface area contributed by atoms with Crippen molar-refractivity contribution in [3.63, 3.8) is 0 Å². The molecule has 0 spiro atoms. The molecule has 4 aliphatic rings. The second-order valence-corrected chi connectivity index (χ2v) is 5.94. The standard InChI is InChI=1S/C11H18N2O2/c12-10-3-6-1-7(4-10)11(13,9(14)15)8(2-6)5-10/h6-8H,1-5,12-13H2,(H,14,15). The quantitative estimate of drug-likeness (QED) is 0.581. The second-order valence-electron chi connectivity index (χ2n) is 5.94. The number of carboxylic acid groups (broad SMARTS) is 1. The smallest absolute Gasteiger partial charge is 0.324 e.